The minimum atomic E-state index is -0.562. The van der Waals surface area contributed by atoms with Gasteiger partial charge in [0.25, 0.3) is 5.91 Å². The summed E-state index contributed by atoms with van der Waals surface area (Å²) in [5, 5.41) is 0. The summed E-state index contributed by atoms with van der Waals surface area (Å²) in [7, 11) is 1.32. The van der Waals surface area contributed by atoms with Crippen LogP contribution in [0.2, 0.25) is 0 Å². The van der Waals surface area contributed by atoms with E-state index in [2.05, 4.69) is 20.7 Å². The minimum Gasteiger partial charge on any atom is -0.453 e. The van der Waals surface area contributed by atoms with Gasteiger partial charge in [-0.2, -0.15) is 0 Å². The van der Waals surface area contributed by atoms with E-state index in [-0.39, 0.29) is 15.9 Å². The van der Waals surface area contributed by atoms with Gasteiger partial charge in [0.15, 0.2) is 0 Å². The van der Waals surface area contributed by atoms with Crippen molar-refractivity contribution in [1.29, 1.82) is 0 Å². The van der Waals surface area contributed by atoms with Crippen molar-refractivity contribution in [2.24, 2.45) is 0 Å². The van der Waals surface area contributed by atoms with E-state index in [0.717, 1.165) is 0 Å². The Balaban J connectivity index is 2.05. The molecule has 0 saturated carbocycles. The lowest BCUT2D eigenvalue weighted by Gasteiger charge is -2.33. The van der Waals surface area contributed by atoms with Crippen molar-refractivity contribution < 1.29 is 18.7 Å². The largest absolute Gasteiger partial charge is 0.453 e. The monoisotopic (exact) mass is 344 g/mol. The number of rotatable bonds is 1. The minimum absolute atomic E-state index is 0.0332. The Morgan fingerprint density at radius 3 is 2.40 bits per heavy atom. The van der Waals surface area contributed by atoms with Crippen LogP contribution >= 0.6 is 15.9 Å². The summed E-state index contributed by atoms with van der Waals surface area (Å²) in [6, 6.07) is 4.61. The highest BCUT2D eigenvalue weighted by Crippen LogP contribution is 2.20. The third-order valence-corrected chi connectivity index (χ3v) is 3.79. The number of hydrogen-bond donors (Lipinski definition) is 0. The van der Waals surface area contributed by atoms with Crippen molar-refractivity contribution >= 4 is 27.9 Å². The molecule has 1 aromatic rings. The summed E-state index contributed by atoms with van der Waals surface area (Å²) in [5.41, 5.74) is 0.0332. The molecular weight excluding hydrogens is 331 g/mol. The molecule has 1 aromatic carbocycles. The molecule has 1 aliphatic rings. The number of piperazine rings is 1. The zero-order valence-electron chi connectivity index (χ0n) is 10.9. The van der Waals surface area contributed by atoms with Gasteiger partial charge in [0.05, 0.1) is 17.1 Å². The second-order valence-electron chi connectivity index (χ2n) is 4.35. The Morgan fingerprint density at radius 2 is 1.80 bits per heavy atom. The maximum absolute atomic E-state index is 13.9. The molecule has 0 unspecified atom stereocenters. The number of amides is 2. The van der Waals surface area contributed by atoms with Crippen molar-refractivity contribution in [3.05, 3.63) is 34.1 Å². The molecule has 0 radical (unpaired) electrons. The molecule has 1 heterocycles. The van der Waals surface area contributed by atoms with Crippen molar-refractivity contribution in [2.45, 2.75) is 0 Å². The van der Waals surface area contributed by atoms with E-state index in [9.17, 15) is 14.0 Å². The summed E-state index contributed by atoms with van der Waals surface area (Å²) in [6.07, 6.45) is -0.411. The van der Waals surface area contributed by atoms with Gasteiger partial charge in [-0.15, -0.1) is 0 Å². The van der Waals surface area contributed by atoms with Gasteiger partial charge in [0, 0.05) is 26.2 Å². The van der Waals surface area contributed by atoms with Crippen molar-refractivity contribution in [1.82, 2.24) is 9.80 Å². The third-order valence-electron chi connectivity index (χ3n) is 3.18. The topological polar surface area (TPSA) is 49.9 Å². The first-order valence-electron chi connectivity index (χ1n) is 6.10. The van der Waals surface area contributed by atoms with Crippen LogP contribution in [-0.4, -0.2) is 55.1 Å². The summed E-state index contributed by atoms with van der Waals surface area (Å²) in [6.45, 7) is 1.49. The van der Waals surface area contributed by atoms with Gasteiger partial charge in [-0.3, -0.25) is 4.79 Å². The number of carbonyl (C=O) groups excluding carboxylic acids is 2. The molecule has 0 bridgehead atoms. The van der Waals surface area contributed by atoms with Crippen LogP contribution in [0, 0.1) is 5.82 Å². The molecule has 5 nitrogen and oxygen atoms in total. The molecule has 7 heteroatoms. The first kappa shape index (κ1) is 14.8. The van der Waals surface area contributed by atoms with Crippen LogP contribution in [0.3, 0.4) is 0 Å². The van der Waals surface area contributed by atoms with Gasteiger partial charge in [0.1, 0.15) is 5.82 Å². The maximum Gasteiger partial charge on any atom is 0.409 e. The van der Waals surface area contributed by atoms with Gasteiger partial charge in [0.2, 0.25) is 0 Å². The molecule has 1 aliphatic heterocycles. The predicted octanol–water partition coefficient (Wildman–Crippen LogP) is 2.11. The van der Waals surface area contributed by atoms with Crippen LogP contribution in [0.5, 0.6) is 0 Å². The lowest BCUT2D eigenvalue weighted by atomic mass is 10.1. The average Bonchev–Trinajstić information content (AvgIpc) is 2.48. The predicted molar refractivity (Wildman–Crippen MR) is 74.0 cm³/mol. The molecule has 0 N–H and O–H groups in total. The fraction of sp³-hybridized carbons (Fsp3) is 0.385. The van der Waals surface area contributed by atoms with Crippen LogP contribution < -0.4 is 0 Å². The third kappa shape index (κ3) is 2.92. The van der Waals surface area contributed by atoms with Crippen LogP contribution in [0.1, 0.15) is 10.4 Å². The van der Waals surface area contributed by atoms with Crippen LogP contribution in [0.15, 0.2) is 22.7 Å². The summed E-state index contributed by atoms with van der Waals surface area (Å²) < 4.78 is 18.8. The molecule has 0 aromatic heterocycles. The fourth-order valence-electron chi connectivity index (χ4n) is 2.06. The first-order valence-corrected chi connectivity index (χ1v) is 6.90. The van der Waals surface area contributed by atoms with E-state index in [1.54, 1.807) is 12.1 Å². The smallest absolute Gasteiger partial charge is 0.409 e. The molecule has 0 atom stereocenters. The van der Waals surface area contributed by atoms with Gasteiger partial charge in [-0.05, 0) is 28.1 Å². The number of carbonyl (C=O) groups is 2. The number of methoxy groups -OCH3 is 1. The van der Waals surface area contributed by atoms with Crippen molar-refractivity contribution in [2.75, 3.05) is 33.3 Å². The molecule has 20 heavy (non-hydrogen) atoms. The van der Waals surface area contributed by atoms with Crippen molar-refractivity contribution in [3.8, 4) is 0 Å². The zero-order chi connectivity index (χ0) is 14.7. The Bertz CT molecular complexity index is 530. The van der Waals surface area contributed by atoms with Gasteiger partial charge in [-0.25, -0.2) is 9.18 Å². The zero-order valence-corrected chi connectivity index (χ0v) is 12.5. The van der Waals surface area contributed by atoms with Crippen molar-refractivity contribution in [3.63, 3.8) is 0 Å². The average molecular weight is 345 g/mol. The van der Waals surface area contributed by atoms with Gasteiger partial charge >= 0.3 is 6.09 Å². The number of benzene rings is 1. The number of nitrogens with zero attached hydrogens (tertiary/aromatic N) is 2. The maximum atomic E-state index is 13.9. The van der Waals surface area contributed by atoms with E-state index >= 15 is 0 Å². The summed E-state index contributed by atoms with van der Waals surface area (Å²) >= 11 is 3.06. The first-order chi connectivity index (χ1) is 9.54. The summed E-state index contributed by atoms with van der Waals surface area (Å²) in [4.78, 5) is 26.6. The lowest BCUT2D eigenvalue weighted by molar-refractivity contribution is 0.0595. The van der Waals surface area contributed by atoms with E-state index in [4.69, 9.17) is 0 Å². The molecule has 2 rings (SSSR count). The molecule has 1 fully saturated rings. The Morgan fingerprint density at radius 1 is 1.20 bits per heavy atom. The van der Waals surface area contributed by atoms with Crippen LogP contribution in [0.4, 0.5) is 9.18 Å². The summed E-state index contributed by atoms with van der Waals surface area (Å²) in [5.74, 6) is -0.929. The highest BCUT2D eigenvalue weighted by molar-refractivity contribution is 9.10. The Hall–Kier alpha value is -1.63. The normalized spacial score (nSPS) is 15.2. The molecular formula is C13H14BrFN2O3. The SMILES string of the molecule is COC(=O)N1CCN(C(=O)c2cccc(Br)c2F)CC1. The number of ether oxygens (including phenoxy) is 1. The highest BCUT2D eigenvalue weighted by atomic mass is 79.9. The van der Waals surface area contributed by atoms with Crippen LogP contribution in [-0.2, 0) is 4.74 Å². The Kier molecular flexibility index (Phi) is 4.59. The highest BCUT2D eigenvalue weighted by Gasteiger charge is 2.26. The van der Waals surface area contributed by atoms with Gasteiger partial charge < -0.3 is 14.5 Å². The molecule has 1 saturated heterocycles. The van der Waals surface area contributed by atoms with E-state index in [1.165, 1.54) is 23.0 Å². The lowest BCUT2D eigenvalue weighted by Crippen LogP contribution is -2.50. The van der Waals surface area contributed by atoms with E-state index in [0.29, 0.717) is 26.2 Å². The molecule has 2 amide bonds. The second-order valence-corrected chi connectivity index (χ2v) is 5.20. The quantitative estimate of drug-likeness (QED) is 0.783. The molecule has 108 valence electrons. The number of hydrogen-bond acceptors (Lipinski definition) is 3. The number of halogens is 2. The van der Waals surface area contributed by atoms with E-state index < -0.39 is 11.9 Å². The van der Waals surface area contributed by atoms with Gasteiger partial charge in [-0.1, -0.05) is 6.07 Å². The standard InChI is InChI=1S/C13H14BrFN2O3/c1-20-13(19)17-7-5-16(6-8-17)12(18)9-3-2-4-10(14)11(9)15/h2-4H,5-8H2,1H3. The molecule has 0 spiro atoms. The fourth-order valence-corrected chi connectivity index (χ4v) is 2.43. The second kappa shape index (κ2) is 6.21. The molecule has 0 aliphatic carbocycles. The van der Waals surface area contributed by atoms with E-state index in [1.807, 2.05) is 0 Å². The van der Waals surface area contributed by atoms with Crippen LogP contribution in [0.25, 0.3) is 0 Å². The Labute approximate surface area is 124 Å².